The Morgan fingerprint density at radius 1 is 0.614 bits per heavy atom. The molecule has 296 valence electrons. The van der Waals surface area contributed by atoms with Crippen molar-refractivity contribution >= 4 is 86.0 Å². The number of hydrogen-bond donors (Lipinski definition) is 5. The molecule has 0 spiro atoms. The fourth-order valence-electron chi connectivity index (χ4n) is 5.52. The zero-order valence-electron chi connectivity index (χ0n) is 29.6. The third kappa shape index (κ3) is 9.60. The van der Waals surface area contributed by atoms with Crippen molar-refractivity contribution in [2.45, 2.75) is 9.79 Å². The standard InChI is InChI=1S/C36H31N5O13S3/c1-52-32-20-30(40-41-35-34(57(49,50)51)16-22-14-24(10-11-27(22)36(35)42)37-23-6-4-3-5-7-23)33(53-2)19-29(32)39-38-25-9-8-21-15-26(56(46,47)48)18-31(28(21)17-25)54-12-13-55(43,44)45/h3-11,14-20,37,42H,12-13H2,1-2H3,(H,43,44,45)(H,46,47,48)(H,49,50,51). The van der Waals surface area contributed by atoms with Crippen LogP contribution in [-0.4, -0.2) is 70.6 Å². The lowest BCUT2D eigenvalue weighted by atomic mass is 10.1. The summed E-state index contributed by atoms with van der Waals surface area (Å²) in [4.78, 5) is -1.22. The van der Waals surface area contributed by atoms with Crippen LogP contribution < -0.4 is 19.5 Å². The second-order valence-corrected chi connectivity index (χ2v) is 16.4. The van der Waals surface area contributed by atoms with E-state index in [4.69, 9.17) is 18.8 Å². The molecule has 18 nitrogen and oxygen atoms in total. The van der Waals surface area contributed by atoms with Gasteiger partial charge in [-0.05, 0) is 65.4 Å². The largest absolute Gasteiger partial charge is 0.505 e. The van der Waals surface area contributed by atoms with Crippen LogP contribution in [0.5, 0.6) is 23.0 Å². The molecule has 5 N–H and O–H groups in total. The minimum Gasteiger partial charge on any atom is -0.505 e. The number of benzene rings is 6. The number of methoxy groups -OCH3 is 2. The normalized spacial score (nSPS) is 12.4. The van der Waals surface area contributed by atoms with E-state index in [9.17, 15) is 39.5 Å². The molecule has 0 unspecified atom stereocenters. The van der Waals surface area contributed by atoms with Gasteiger partial charge in [-0.1, -0.05) is 24.3 Å². The molecule has 6 aromatic rings. The van der Waals surface area contributed by atoms with Crippen LogP contribution in [0.3, 0.4) is 0 Å². The number of hydrogen-bond acceptors (Lipinski definition) is 15. The first kappa shape index (κ1) is 40.4. The number of nitrogens with one attached hydrogen (secondary N) is 1. The van der Waals surface area contributed by atoms with Gasteiger partial charge in [0.1, 0.15) is 51.6 Å². The highest BCUT2D eigenvalue weighted by molar-refractivity contribution is 7.86. The summed E-state index contributed by atoms with van der Waals surface area (Å²) >= 11 is 0. The fraction of sp³-hybridized carbons (Fsp3) is 0.111. The lowest BCUT2D eigenvalue weighted by molar-refractivity contribution is 0.338. The number of ether oxygens (including phenoxy) is 3. The van der Waals surface area contributed by atoms with E-state index in [0.717, 1.165) is 17.8 Å². The summed E-state index contributed by atoms with van der Waals surface area (Å²) in [6.45, 7) is -0.541. The monoisotopic (exact) mass is 837 g/mol. The molecular formula is C36H31N5O13S3. The highest BCUT2D eigenvalue weighted by atomic mass is 32.2. The lowest BCUT2D eigenvalue weighted by Gasteiger charge is -2.12. The van der Waals surface area contributed by atoms with Crippen molar-refractivity contribution in [3.05, 3.63) is 97.1 Å². The summed E-state index contributed by atoms with van der Waals surface area (Å²) in [6, 6.07) is 24.4. The number of phenols is 1. The molecule has 0 saturated carbocycles. The van der Waals surface area contributed by atoms with E-state index in [-0.39, 0.29) is 55.9 Å². The van der Waals surface area contributed by atoms with Gasteiger partial charge in [-0.2, -0.15) is 30.4 Å². The number of azo groups is 2. The molecule has 57 heavy (non-hydrogen) atoms. The van der Waals surface area contributed by atoms with E-state index in [1.807, 2.05) is 30.3 Å². The van der Waals surface area contributed by atoms with E-state index >= 15 is 0 Å². The molecule has 0 aromatic heterocycles. The lowest BCUT2D eigenvalue weighted by Crippen LogP contribution is -2.13. The number of phenolic OH excluding ortho intramolecular Hbond substituents is 1. The van der Waals surface area contributed by atoms with Crippen LogP contribution in [0.25, 0.3) is 21.5 Å². The van der Waals surface area contributed by atoms with Gasteiger partial charge in [0, 0.05) is 40.3 Å². The van der Waals surface area contributed by atoms with E-state index in [2.05, 4.69) is 25.8 Å². The summed E-state index contributed by atoms with van der Waals surface area (Å²) in [5, 5.41) is 32.0. The Morgan fingerprint density at radius 2 is 1.28 bits per heavy atom. The average Bonchev–Trinajstić information content (AvgIpc) is 3.15. The summed E-state index contributed by atoms with van der Waals surface area (Å²) in [6.07, 6.45) is 0. The summed E-state index contributed by atoms with van der Waals surface area (Å²) in [5.41, 5.74) is 1.14. The highest BCUT2D eigenvalue weighted by Crippen LogP contribution is 2.45. The van der Waals surface area contributed by atoms with Crippen LogP contribution in [-0.2, 0) is 30.4 Å². The second kappa shape index (κ2) is 16.1. The zero-order valence-corrected chi connectivity index (χ0v) is 32.1. The molecule has 21 heteroatoms. The molecule has 0 fully saturated rings. The van der Waals surface area contributed by atoms with Crippen molar-refractivity contribution in [3.8, 4) is 23.0 Å². The number of nitrogens with zero attached hydrogens (tertiary/aromatic N) is 4. The van der Waals surface area contributed by atoms with Gasteiger partial charge in [-0.25, -0.2) is 0 Å². The smallest absolute Gasteiger partial charge is 0.296 e. The predicted octanol–water partition coefficient (Wildman–Crippen LogP) is 8.05. The van der Waals surface area contributed by atoms with Crippen molar-refractivity contribution in [3.63, 3.8) is 0 Å². The number of aromatic hydroxyl groups is 1. The van der Waals surface area contributed by atoms with Gasteiger partial charge in [0.05, 0.1) is 24.8 Å². The first-order chi connectivity index (χ1) is 26.9. The molecule has 0 aliphatic rings. The van der Waals surface area contributed by atoms with Gasteiger partial charge in [0.2, 0.25) is 0 Å². The van der Waals surface area contributed by atoms with Gasteiger partial charge < -0.3 is 24.6 Å². The number of anilines is 2. The molecule has 0 saturated heterocycles. The van der Waals surface area contributed by atoms with Gasteiger partial charge >= 0.3 is 0 Å². The van der Waals surface area contributed by atoms with E-state index in [1.165, 1.54) is 50.6 Å². The maximum atomic E-state index is 12.5. The number of fused-ring (bicyclic) bond motifs is 2. The molecule has 0 aliphatic heterocycles. The Bertz CT molecular complexity index is 2930. The molecule has 0 bridgehead atoms. The third-order valence-electron chi connectivity index (χ3n) is 8.17. The van der Waals surface area contributed by atoms with Crippen LogP contribution >= 0.6 is 0 Å². The Kier molecular flexibility index (Phi) is 11.4. The van der Waals surface area contributed by atoms with E-state index in [0.29, 0.717) is 5.69 Å². The van der Waals surface area contributed by atoms with Gasteiger partial charge in [0.25, 0.3) is 30.4 Å². The number of para-hydroxylation sites is 1. The molecule has 6 rings (SSSR count). The van der Waals surface area contributed by atoms with Crippen molar-refractivity contribution in [1.82, 2.24) is 0 Å². The first-order valence-electron chi connectivity index (χ1n) is 16.3. The first-order valence-corrected chi connectivity index (χ1v) is 20.7. The van der Waals surface area contributed by atoms with Gasteiger partial charge in [-0.15, -0.1) is 15.3 Å². The second-order valence-electron chi connectivity index (χ2n) is 12.0. The number of rotatable bonds is 14. The van der Waals surface area contributed by atoms with Crippen molar-refractivity contribution in [1.29, 1.82) is 0 Å². The molecular weight excluding hydrogens is 807 g/mol. The topological polar surface area (TPSA) is 272 Å². The Labute approximate surface area is 325 Å². The third-order valence-corrected chi connectivity index (χ3v) is 10.6. The average molecular weight is 838 g/mol. The SMILES string of the molecule is COc1cc(N=Nc2c(S(=O)(=O)O)cc3cc(Nc4ccccc4)ccc3c2O)c(OC)cc1N=Nc1ccc2cc(S(=O)(=O)O)cc(OCCS(=O)(=O)O)c2c1. The molecule has 0 heterocycles. The molecule has 0 atom stereocenters. The molecule has 6 aromatic carbocycles. The Morgan fingerprint density at radius 3 is 1.89 bits per heavy atom. The molecule has 0 radical (unpaired) electrons. The molecule has 0 amide bonds. The minimum absolute atomic E-state index is 0.00326. The van der Waals surface area contributed by atoms with E-state index < -0.39 is 63.9 Å². The Hall–Kier alpha value is -6.23. The van der Waals surface area contributed by atoms with Crippen LogP contribution in [0.2, 0.25) is 0 Å². The quantitative estimate of drug-likeness (QED) is 0.0513. The Balaban J connectivity index is 1.34. The van der Waals surface area contributed by atoms with Crippen molar-refractivity contribution < 1.29 is 58.2 Å². The maximum Gasteiger partial charge on any atom is 0.296 e. The van der Waals surface area contributed by atoms with Crippen molar-refractivity contribution in [2.75, 3.05) is 31.9 Å². The molecule has 0 aliphatic carbocycles. The van der Waals surface area contributed by atoms with Crippen LogP contribution in [0, 0.1) is 0 Å². The predicted molar refractivity (Wildman–Crippen MR) is 209 cm³/mol. The summed E-state index contributed by atoms with van der Waals surface area (Å²) in [5.74, 6) is -1.33. The summed E-state index contributed by atoms with van der Waals surface area (Å²) in [7, 11) is -11.4. The van der Waals surface area contributed by atoms with Crippen LogP contribution in [0.1, 0.15) is 0 Å². The van der Waals surface area contributed by atoms with E-state index in [1.54, 1.807) is 18.2 Å². The highest BCUT2D eigenvalue weighted by Gasteiger charge is 2.23. The van der Waals surface area contributed by atoms with Crippen LogP contribution in [0.15, 0.2) is 127 Å². The van der Waals surface area contributed by atoms with Gasteiger partial charge in [-0.3, -0.25) is 13.7 Å². The minimum atomic E-state index is -4.93. The van der Waals surface area contributed by atoms with Crippen molar-refractivity contribution in [2.24, 2.45) is 20.5 Å². The summed E-state index contributed by atoms with van der Waals surface area (Å²) < 4.78 is 116. The maximum absolute atomic E-state index is 12.5. The fourth-order valence-corrected chi connectivity index (χ4v) is 7.00. The van der Waals surface area contributed by atoms with Crippen LogP contribution in [0.4, 0.5) is 34.1 Å². The zero-order chi connectivity index (χ0) is 41.1. The van der Waals surface area contributed by atoms with Gasteiger partial charge in [0.15, 0.2) is 5.75 Å².